The summed E-state index contributed by atoms with van der Waals surface area (Å²) >= 11 is 0. The topological polar surface area (TPSA) is 95.7 Å². The molecule has 1 heterocycles. The zero-order valence-electron chi connectivity index (χ0n) is 14.0. The number of likely N-dealkylation sites (tertiary alicyclic amines) is 1. The van der Waals surface area contributed by atoms with E-state index in [-0.39, 0.29) is 17.2 Å². The number of amides is 2. The molecule has 1 aliphatic carbocycles. The quantitative estimate of drug-likeness (QED) is 0.730. The fourth-order valence-corrected chi connectivity index (χ4v) is 3.60. The Morgan fingerprint density at radius 2 is 2.12 bits per heavy atom. The predicted octanol–water partition coefficient (Wildman–Crippen LogP) is 0.443. The van der Waals surface area contributed by atoms with Crippen LogP contribution in [0.1, 0.15) is 36.0 Å². The lowest BCUT2D eigenvalue weighted by Gasteiger charge is -2.23. The minimum atomic E-state index is -0.547. The van der Waals surface area contributed by atoms with E-state index in [0.717, 1.165) is 29.5 Å². The number of nitrogens with zero attached hydrogens (tertiary/aromatic N) is 1. The minimum Gasteiger partial charge on any atom is -0.387 e. The van der Waals surface area contributed by atoms with E-state index in [1.807, 2.05) is 25.1 Å². The summed E-state index contributed by atoms with van der Waals surface area (Å²) < 4.78 is 0. The average Bonchev–Trinajstić information content (AvgIpc) is 3.22. The number of aliphatic hydroxyl groups excluding tert-OH is 1. The summed E-state index contributed by atoms with van der Waals surface area (Å²) in [6, 6.07) is 5.53. The second-order valence-electron chi connectivity index (χ2n) is 7.09. The Bertz CT molecular complexity index is 655. The number of rotatable bonds is 5. The number of hydrogen-bond donors (Lipinski definition) is 3. The maximum Gasteiger partial charge on any atom is 0.248 e. The second kappa shape index (κ2) is 6.53. The Labute approximate surface area is 142 Å². The molecule has 0 bridgehead atoms. The Kier molecular flexibility index (Phi) is 4.60. The highest BCUT2D eigenvalue weighted by atomic mass is 16.3. The first-order valence-corrected chi connectivity index (χ1v) is 8.44. The first-order chi connectivity index (χ1) is 11.5. The van der Waals surface area contributed by atoms with Crippen LogP contribution in [0.2, 0.25) is 0 Å². The number of carbonyl (C=O) groups excluding carboxylic acids is 2. The fourth-order valence-electron chi connectivity index (χ4n) is 3.60. The van der Waals surface area contributed by atoms with Crippen LogP contribution in [0.3, 0.4) is 0 Å². The number of aryl methyl sites for hydroxylation is 1. The average molecular weight is 331 g/mol. The van der Waals surface area contributed by atoms with Crippen molar-refractivity contribution < 1.29 is 14.7 Å². The molecule has 2 amide bonds. The molecule has 1 aliphatic heterocycles. The molecule has 4 N–H and O–H groups in total. The lowest BCUT2D eigenvalue weighted by molar-refractivity contribution is -0.140. The van der Waals surface area contributed by atoms with Crippen molar-refractivity contribution >= 4 is 11.8 Å². The molecule has 3 rings (SSSR count). The summed E-state index contributed by atoms with van der Waals surface area (Å²) in [5.74, 6) is -0.512. The van der Waals surface area contributed by atoms with Crippen molar-refractivity contribution in [3.8, 4) is 0 Å². The van der Waals surface area contributed by atoms with Gasteiger partial charge in [0, 0.05) is 19.6 Å². The van der Waals surface area contributed by atoms with Crippen molar-refractivity contribution in [3.63, 3.8) is 0 Å². The van der Waals surface area contributed by atoms with Crippen LogP contribution in [0.25, 0.3) is 0 Å². The molecule has 1 saturated carbocycles. The van der Waals surface area contributed by atoms with Gasteiger partial charge in [-0.05, 0) is 42.7 Å². The zero-order valence-corrected chi connectivity index (χ0v) is 14.0. The van der Waals surface area contributed by atoms with Gasteiger partial charge >= 0.3 is 0 Å². The number of benzene rings is 1. The predicted molar refractivity (Wildman–Crippen MR) is 89.8 cm³/mol. The van der Waals surface area contributed by atoms with Gasteiger partial charge in [-0.3, -0.25) is 9.59 Å². The molecule has 1 aromatic carbocycles. The molecule has 2 aliphatic rings. The normalized spacial score (nSPS) is 21.1. The van der Waals surface area contributed by atoms with E-state index < -0.39 is 12.6 Å². The summed E-state index contributed by atoms with van der Waals surface area (Å²) in [5.41, 5.74) is 9.00. The van der Waals surface area contributed by atoms with Gasteiger partial charge in [0.1, 0.15) is 12.6 Å². The third kappa shape index (κ3) is 3.30. The highest BCUT2D eigenvalue weighted by Gasteiger charge is 2.54. The van der Waals surface area contributed by atoms with E-state index in [2.05, 4.69) is 5.32 Å². The number of carbonyl (C=O) groups is 2. The lowest BCUT2D eigenvalue weighted by Crippen LogP contribution is -2.46. The fraction of sp³-hybridized carbons (Fsp3) is 0.556. The van der Waals surface area contributed by atoms with Crippen LogP contribution in [0.5, 0.6) is 0 Å². The highest BCUT2D eigenvalue weighted by Crippen LogP contribution is 2.54. The van der Waals surface area contributed by atoms with Crippen LogP contribution in [-0.4, -0.2) is 41.0 Å². The Balaban J connectivity index is 1.68. The molecule has 0 radical (unpaired) electrons. The van der Waals surface area contributed by atoms with E-state index >= 15 is 0 Å². The smallest absolute Gasteiger partial charge is 0.248 e. The monoisotopic (exact) mass is 331 g/mol. The third-order valence-electron chi connectivity index (χ3n) is 5.26. The zero-order chi connectivity index (χ0) is 17.3. The van der Waals surface area contributed by atoms with Gasteiger partial charge in [-0.25, -0.2) is 0 Å². The van der Waals surface area contributed by atoms with Crippen molar-refractivity contribution in [2.45, 2.75) is 45.3 Å². The van der Waals surface area contributed by atoms with Crippen molar-refractivity contribution in [3.05, 3.63) is 34.9 Å². The van der Waals surface area contributed by atoms with Crippen LogP contribution in [0, 0.1) is 12.3 Å². The van der Waals surface area contributed by atoms with Crippen molar-refractivity contribution in [2.75, 3.05) is 13.2 Å². The molecule has 130 valence electrons. The largest absolute Gasteiger partial charge is 0.387 e. The number of aliphatic hydroxyl groups is 1. The van der Waals surface area contributed by atoms with E-state index in [1.165, 1.54) is 0 Å². The van der Waals surface area contributed by atoms with Crippen LogP contribution in [0.15, 0.2) is 18.2 Å². The van der Waals surface area contributed by atoms with Gasteiger partial charge < -0.3 is 21.1 Å². The number of nitrogens with two attached hydrogens (primary N) is 1. The van der Waals surface area contributed by atoms with Crippen molar-refractivity contribution in [1.82, 2.24) is 10.2 Å². The van der Waals surface area contributed by atoms with E-state index in [0.29, 0.717) is 26.1 Å². The first-order valence-electron chi connectivity index (χ1n) is 8.44. The lowest BCUT2D eigenvalue weighted by atomic mass is 10.0. The summed E-state index contributed by atoms with van der Waals surface area (Å²) in [7, 11) is 0. The van der Waals surface area contributed by atoms with E-state index in [1.54, 1.807) is 4.90 Å². The third-order valence-corrected chi connectivity index (χ3v) is 5.26. The summed E-state index contributed by atoms with van der Waals surface area (Å²) in [6.45, 7) is 2.87. The minimum absolute atomic E-state index is 0.110. The molecule has 0 aromatic heterocycles. The van der Waals surface area contributed by atoms with Crippen molar-refractivity contribution in [2.24, 2.45) is 11.1 Å². The standard InChI is InChI=1S/C18H25N3O3/c1-12-2-3-13(8-19)14(6-12)9-20-17(24)15-7-18(4-5-18)11-21(15)16(23)10-22/h2-3,6,15,22H,4-5,7-11,19H2,1H3,(H,20,24). The van der Waals surface area contributed by atoms with Gasteiger partial charge in [0.15, 0.2) is 0 Å². The molecule has 6 heteroatoms. The molecular weight excluding hydrogens is 306 g/mol. The van der Waals surface area contributed by atoms with Gasteiger partial charge in [-0.15, -0.1) is 0 Å². The number of nitrogens with one attached hydrogen (secondary N) is 1. The highest BCUT2D eigenvalue weighted by molar-refractivity contribution is 5.89. The van der Waals surface area contributed by atoms with Crippen LogP contribution in [0.4, 0.5) is 0 Å². The van der Waals surface area contributed by atoms with Crippen LogP contribution < -0.4 is 11.1 Å². The Morgan fingerprint density at radius 3 is 2.75 bits per heavy atom. The molecule has 1 unspecified atom stereocenters. The molecule has 2 fully saturated rings. The van der Waals surface area contributed by atoms with Crippen molar-refractivity contribution in [1.29, 1.82) is 0 Å². The summed E-state index contributed by atoms with van der Waals surface area (Å²) in [6.07, 6.45) is 2.81. The van der Waals surface area contributed by atoms with Crippen LogP contribution in [-0.2, 0) is 22.7 Å². The molecule has 1 saturated heterocycles. The first kappa shape index (κ1) is 16.9. The molecule has 24 heavy (non-hydrogen) atoms. The maximum atomic E-state index is 12.6. The Morgan fingerprint density at radius 1 is 1.38 bits per heavy atom. The van der Waals surface area contributed by atoms with Gasteiger partial charge in [0.05, 0.1) is 0 Å². The van der Waals surface area contributed by atoms with Crippen LogP contribution >= 0.6 is 0 Å². The van der Waals surface area contributed by atoms with Gasteiger partial charge in [-0.2, -0.15) is 0 Å². The van der Waals surface area contributed by atoms with Gasteiger partial charge in [-0.1, -0.05) is 23.8 Å². The molecule has 6 nitrogen and oxygen atoms in total. The second-order valence-corrected chi connectivity index (χ2v) is 7.09. The van der Waals surface area contributed by atoms with E-state index in [4.69, 9.17) is 10.8 Å². The van der Waals surface area contributed by atoms with E-state index in [9.17, 15) is 9.59 Å². The van der Waals surface area contributed by atoms with Gasteiger partial charge in [0.25, 0.3) is 0 Å². The summed E-state index contributed by atoms with van der Waals surface area (Å²) in [4.78, 5) is 26.1. The Hall–Kier alpha value is -1.92. The molecule has 1 atom stereocenters. The molecule has 1 spiro atoms. The maximum absolute atomic E-state index is 12.6. The summed E-state index contributed by atoms with van der Waals surface area (Å²) in [5, 5.41) is 12.1. The van der Waals surface area contributed by atoms with Gasteiger partial charge in [0.2, 0.25) is 11.8 Å². The number of hydrogen-bond acceptors (Lipinski definition) is 4. The molecular formula is C18H25N3O3. The SMILES string of the molecule is Cc1ccc(CN)c(CNC(=O)C2CC3(CC3)CN2C(=O)CO)c1. The molecule has 1 aromatic rings.